The van der Waals surface area contributed by atoms with Gasteiger partial charge in [0.25, 0.3) is 0 Å². The number of nitrogens with zero attached hydrogens (tertiary/aromatic N) is 2. The zero-order valence-corrected chi connectivity index (χ0v) is 12.4. The van der Waals surface area contributed by atoms with Gasteiger partial charge in [0, 0.05) is 0 Å². The summed E-state index contributed by atoms with van der Waals surface area (Å²) >= 11 is 1.21. The molecule has 4 heteroatoms. The van der Waals surface area contributed by atoms with Crippen molar-refractivity contribution in [2.75, 3.05) is 0 Å². The van der Waals surface area contributed by atoms with Crippen LogP contribution in [0, 0.1) is 6.92 Å². The van der Waals surface area contributed by atoms with Crippen LogP contribution in [-0.4, -0.2) is 15.9 Å². The van der Waals surface area contributed by atoms with Crippen molar-refractivity contribution in [2.24, 2.45) is 15.7 Å². The number of para-hydroxylation sites is 1. The predicted molar refractivity (Wildman–Crippen MR) is 69.4 cm³/mol. The fourth-order valence-electron chi connectivity index (χ4n) is 1.02. The molecular weight excluding hydrogens is 382 g/mol. The number of hydrogen-bond acceptors (Lipinski definition) is 2. The summed E-state index contributed by atoms with van der Waals surface area (Å²) in [5.41, 5.74) is 7.15. The number of allylic oxidation sites excluding steroid dienone is 1. The van der Waals surface area contributed by atoms with Crippen LogP contribution in [0.15, 0.2) is 46.5 Å². The molecule has 0 fully saturated rings. The van der Waals surface area contributed by atoms with Gasteiger partial charge in [0.05, 0.1) is 0 Å². The third-order valence-electron chi connectivity index (χ3n) is 1.87. The second-order valence-electron chi connectivity index (χ2n) is 3.18. The number of aliphatic imine (C=N–C) groups is 2. The van der Waals surface area contributed by atoms with Gasteiger partial charge in [0.15, 0.2) is 0 Å². The maximum atomic E-state index is 5.77. The molecule has 1 aromatic carbocycles. The number of benzene rings is 1. The van der Waals surface area contributed by atoms with Crippen molar-refractivity contribution in [2.45, 2.75) is 6.92 Å². The van der Waals surface area contributed by atoms with E-state index in [1.807, 2.05) is 37.3 Å². The molecule has 0 aliphatic carbocycles. The van der Waals surface area contributed by atoms with E-state index in [0.717, 1.165) is 9.59 Å². The molecule has 0 amide bonds. The molecule has 86 valence electrons. The Morgan fingerprint density at radius 3 is 2.76 bits per heavy atom. The molecule has 17 heavy (non-hydrogen) atoms. The summed E-state index contributed by atoms with van der Waals surface area (Å²) in [6, 6.07) is 7.43. The summed E-state index contributed by atoms with van der Waals surface area (Å²) in [5.74, 6) is 0.483. The summed E-state index contributed by atoms with van der Waals surface area (Å²) in [5, 5.41) is 0. The van der Waals surface area contributed by atoms with Crippen molar-refractivity contribution in [3.63, 3.8) is 0 Å². The number of rotatable bonds is 4. The molecule has 1 aromatic rings. The van der Waals surface area contributed by atoms with E-state index in [1.165, 1.54) is 19.4 Å². The molecule has 2 radical (unpaired) electrons. The van der Waals surface area contributed by atoms with Crippen molar-refractivity contribution in [1.82, 2.24) is 0 Å². The summed E-state index contributed by atoms with van der Waals surface area (Å²) in [6.07, 6.45) is 5.17. The number of nitrogens with two attached hydrogens (primary N) is 1. The topological polar surface area (TPSA) is 50.7 Å². The van der Waals surface area contributed by atoms with Gasteiger partial charge in [-0.25, -0.2) is 0 Å². The van der Waals surface area contributed by atoms with Crippen LogP contribution in [0.2, 0.25) is 0 Å². The van der Waals surface area contributed by atoms with Gasteiger partial charge < -0.3 is 0 Å². The van der Waals surface area contributed by atoms with Gasteiger partial charge in [-0.2, -0.15) is 0 Å². The fourth-order valence-corrected chi connectivity index (χ4v) is 1.40. The Hall–Kier alpha value is -1.34. The van der Waals surface area contributed by atoms with Crippen molar-refractivity contribution in [3.8, 4) is 0 Å². The van der Waals surface area contributed by atoms with Gasteiger partial charge in [-0.3, -0.25) is 0 Å². The Morgan fingerprint density at radius 1 is 1.41 bits per heavy atom. The van der Waals surface area contributed by atoms with Crippen LogP contribution in [0.1, 0.15) is 12.5 Å². The predicted octanol–water partition coefficient (Wildman–Crippen LogP) is 2.06. The Morgan fingerprint density at radius 2 is 2.12 bits per heavy atom. The molecule has 0 bridgehead atoms. The summed E-state index contributed by atoms with van der Waals surface area (Å²) in [7, 11) is 0. The summed E-state index contributed by atoms with van der Waals surface area (Å²) in [6.45, 7) is 7.66. The molecule has 3 nitrogen and oxygen atoms in total. The number of amidine groups is 1. The Bertz CT molecular complexity index is 487. The molecule has 0 saturated carbocycles. The SMILES string of the molecule is [CH]c1ccccc1N=C[C](=[W])C(N)=NC=CC. The first kappa shape index (κ1) is 13.7. The van der Waals surface area contributed by atoms with Crippen molar-refractivity contribution >= 4 is 21.6 Å². The molecule has 0 atom stereocenters. The minimum absolute atomic E-state index is 0.483. The van der Waals surface area contributed by atoms with E-state index in [2.05, 4.69) is 9.98 Å². The van der Waals surface area contributed by atoms with Crippen molar-refractivity contribution < 1.29 is 19.4 Å². The van der Waals surface area contributed by atoms with Gasteiger partial charge in [0.2, 0.25) is 0 Å². The van der Waals surface area contributed by atoms with Crippen molar-refractivity contribution in [1.29, 1.82) is 0 Å². The van der Waals surface area contributed by atoms with Crippen LogP contribution in [-0.2, 0) is 19.4 Å². The molecule has 0 spiro atoms. The molecule has 0 aromatic heterocycles. The molecule has 0 unspecified atom stereocenters. The minimum atomic E-state index is 0.483. The number of hydrogen-bond donors (Lipinski definition) is 1. The normalized spacial score (nSPS) is 12.5. The molecule has 0 aliphatic heterocycles. The first-order valence-corrected chi connectivity index (χ1v) is 6.49. The summed E-state index contributed by atoms with van der Waals surface area (Å²) < 4.78 is 0.881. The van der Waals surface area contributed by atoms with E-state index in [4.69, 9.17) is 12.7 Å². The van der Waals surface area contributed by atoms with Gasteiger partial charge >= 0.3 is 113 Å². The molecule has 0 saturated heterocycles. The average Bonchev–Trinajstić information content (AvgIpc) is 2.34. The molecular formula is C13H13N3W. The zero-order valence-electron chi connectivity index (χ0n) is 9.50. The van der Waals surface area contributed by atoms with E-state index in [9.17, 15) is 0 Å². The molecule has 1 rings (SSSR count). The molecule has 2 N–H and O–H groups in total. The van der Waals surface area contributed by atoms with Crippen LogP contribution in [0.5, 0.6) is 0 Å². The van der Waals surface area contributed by atoms with Gasteiger partial charge in [-0.05, 0) is 0 Å². The van der Waals surface area contributed by atoms with E-state index >= 15 is 0 Å². The Balaban J connectivity index is 2.79. The van der Waals surface area contributed by atoms with Crippen LogP contribution >= 0.6 is 0 Å². The molecule has 0 aliphatic rings. The Labute approximate surface area is 113 Å². The van der Waals surface area contributed by atoms with Crippen LogP contribution in [0.4, 0.5) is 5.69 Å². The third kappa shape index (κ3) is 4.57. The first-order valence-electron chi connectivity index (χ1n) is 5.02. The van der Waals surface area contributed by atoms with E-state index in [-0.39, 0.29) is 0 Å². The fraction of sp³-hybridized carbons (Fsp3) is 0.0769. The van der Waals surface area contributed by atoms with Crippen LogP contribution < -0.4 is 5.73 Å². The second-order valence-corrected chi connectivity index (χ2v) is 4.76. The molecule has 0 heterocycles. The third-order valence-corrected chi connectivity index (χ3v) is 3.00. The zero-order chi connectivity index (χ0) is 12.7. The van der Waals surface area contributed by atoms with Crippen LogP contribution in [0.25, 0.3) is 0 Å². The van der Waals surface area contributed by atoms with E-state index in [1.54, 1.807) is 12.4 Å². The Kier molecular flexibility index (Phi) is 5.71. The van der Waals surface area contributed by atoms with Gasteiger partial charge in [-0.15, -0.1) is 0 Å². The summed E-state index contributed by atoms with van der Waals surface area (Å²) in [4.78, 5) is 8.34. The van der Waals surface area contributed by atoms with Crippen molar-refractivity contribution in [3.05, 3.63) is 49.0 Å². The standard InChI is InChI=1S/C13H13N3.W/c1-3-9-16-13(14)8-10-15-12-7-5-4-6-11(12)2;/h2-7,9-10H,1H3,(H2,14,16);. The quantitative estimate of drug-likeness (QED) is 0.616. The average molecular weight is 395 g/mol. The maximum absolute atomic E-state index is 5.77. The van der Waals surface area contributed by atoms with Crippen LogP contribution in [0.3, 0.4) is 0 Å². The monoisotopic (exact) mass is 395 g/mol. The van der Waals surface area contributed by atoms with Gasteiger partial charge in [0.1, 0.15) is 0 Å². The first-order chi connectivity index (χ1) is 8.15. The van der Waals surface area contributed by atoms with Gasteiger partial charge in [-0.1, -0.05) is 0 Å². The van der Waals surface area contributed by atoms with E-state index in [0.29, 0.717) is 11.4 Å². The second kappa shape index (κ2) is 7.08. The van der Waals surface area contributed by atoms with E-state index < -0.39 is 0 Å².